The van der Waals surface area contributed by atoms with Crippen molar-refractivity contribution in [3.8, 4) is 0 Å². The summed E-state index contributed by atoms with van der Waals surface area (Å²) >= 11 is 0. The Labute approximate surface area is 130 Å². The third-order valence-electron chi connectivity index (χ3n) is 5.43. The second kappa shape index (κ2) is 8.56. The molecular weight excluding hydrogens is 259 g/mol. The minimum atomic E-state index is -0.111. The first-order valence-corrected chi connectivity index (χ1v) is 9.08. The van der Waals surface area contributed by atoms with Crippen LogP contribution >= 0.6 is 0 Å². The van der Waals surface area contributed by atoms with Crippen molar-refractivity contribution in [2.24, 2.45) is 11.8 Å². The number of benzene rings is 1. The summed E-state index contributed by atoms with van der Waals surface area (Å²) in [6, 6.07) is 7.20. The maximum Gasteiger partial charge on any atom is 0.123 e. The molecule has 1 aromatic rings. The molecule has 0 N–H and O–H groups in total. The van der Waals surface area contributed by atoms with Gasteiger partial charge >= 0.3 is 0 Å². The van der Waals surface area contributed by atoms with E-state index >= 15 is 0 Å². The molecule has 2 aliphatic rings. The zero-order valence-electron chi connectivity index (χ0n) is 13.8. The standard InChI is InChI=1S/C18H25F.C2H6/c19-18-12-10-17(11-13-18)16-8-6-15(7-9-16)14-4-2-1-3-5-14;1-2/h10-16H,1-9H2;1-2H3. The monoisotopic (exact) mass is 290 g/mol. The Kier molecular flexibility index (Phi) is 6.73. The zero-order chi connectivity index (χ0) is 15.1. The van der Waals surface area contributed by atoms with E-state index in [1.54, 1.807) is 12.1 Å². The van der Waals surface area contributed by atoms with Gasteiger partial charge in [0.15, 0.2) is 0 Å². The Hall–Kier alpha value is -0.850. The zero-order valence-corrected chi connectivity index (χ0v) is 13.8. The highest BCUT2D eigenvalue weighted by Crippen LogP contribution is 2.42. The lowest BCUT2D eigenvalue weighted by molar-refractivity contribution is 0.186. The van der Waals surface area contributed by atoms with Crippen molar-refractivity contribution in [3.63, 3.8) is 0 Å². The molecule has 0 nitrogen and oxygen atoms in total. The topological polar surface area (TPSA) is 0 Å². The van der Waals surface area contributed by atoms with Crippen LogP contribution in [-0.2, 0) is 0 Å². The van der Waals surface area contributed by atoms with Gasteiger partial charge in [-0.3, -0.25) is 0 Å². The van der Waals surface area contributed by atoms with Crippen LogP contribution in [0.25, 0.3) is 0 Å². The molecule has 0 bridgehead atoms. The number of hydrogen-bond acceptors (Lipinski definition) is 0. The molecule has 2 fully saturated rings. The minimum absolute atomic E-state index is 0.111. The molecule has 0 heterocycles. The van der Waals surface area contributed by atoms with Gasteiger partial charge in [0.1, 0.15) is 5.82 Å². The van der Waals surface area contributed by atoms with Gasteiger partial charge in [-0.05, 0) is 61.1 Å². The highest BCUT2D eigenvalue weighted by atomic mass is 19.1. The van der Waals surface area contributed by atoms with Gasteiger partial charge in [0.2, 0.25) is 0 Å². The molecule has 0 saturated heterocycles. The fourth-order valence-electron chi connectivity index (χ4n) is 4.26. The maximum absolute atomic E-state index is 13.0. The molecule has 0 amide bonds. The Morgan fingerprint density at radius 2 is 1.24 bits per heavy atom. The van der Waals surface area contributed by atoms with Crippen LogP contribution in [0, 0.1) is 17.7 Å². The molecule has 118 valence electrons. The van der Waals surface area contributed by atoms with E-state index in [1.807, 2.05) is 26.0 Å². The van der Waals surface area contributed by atoms with E-state index in [-0.39, 0.29) is 5.82 Å². The van der Waals surface area contributed by atoms with E-state index in [4.69, 9.17) is 0 Å². The highest BCUT2D eigenvalue weighted by Gasteiger charge is 2.28. The first-order chi connectivity index (χ1) is 10.3. The summed E-state index contributed by atoms with van der Waals surface area (Å²) in [6.45, 7) is 4.00. The van der Waals surface area contributed by atoms with Crippen molar-refractivity contribution in [2.75, 3.05) is 0 Å². The number of rotatable bonds is 2. The van der Waals surface area contributed by atoms with Gasteiger partial charge in [-0.2, -0.15) is 0 Å². The van der Waals surface area contributed by atoms with Crippen molar-refractivity contribution in [2.45, 2.75) is 77.6 Å². The lowest BCUT2D eigenvalue weighted by Gasteiger charge is -2.36. The van der Waals surface area contributed by atoms with E-state index in [0.717, 1.165) is 11.8 Å². The molecule has 2 saturated carbocycles. The van der Waals surface area contributed by atoms with E-state index < -0.39 is 0 Å². The molecule has 21 heavy (non-hydrogen) atoms. The van der Waals surface area contributed by atoms with E-state index in [1.165, 1.54) is 63.4 Å². The van der Waals surface area contributed by atoms with Crippen molar-refractivity contribution in [1.29, 1.82) is 0 Å². The predicted molar refractivity (Wildman–Crippen MR) is 89.0 cm³/mol. The van der Waals surface area contributed by atoms with Gasteiger partial charge in [0, 0.05) is 0 Å². The van der Waals surface area contributed by atoms with Crippen molar-refractivity contribution < 1.29 is 4.39 Å². The van der Waals surface area contributed by atoms with Gasteiger partial charge < -0.3 is 0 Å². The average molecular weight is 290 g/mol. The van der Waals surface area contributed by atoms with Crippen LogP contribution in [0.1, 0.15) is 83.1 Å². The summed E-state index contributed by atoms with van der Waals surface area (Å²) in [5.74, 6) is 2.57. The largest absolute Gasteiger partial charge is 0.207 e. The second-order valence-electron chi connectivity index (χ2n) is 6.56. The summed E-state index contributed by atoms with van der Waals surface area (Å²) in [6.07, 6.45) is 12.8. The first-order valence-electron chi connectivity index (χ1n) is 9.08. The molecule has 0 atom stereocenters. The number of hydrogen-bond donors (Lipinski definition) is 0. The van der Waals surface area contributed by atoms with Crippen LogP contribution in [0.15, 0.2) is 24.3 Å². The summed E-state index contributed by atoms with van der Waals surface area (Å²) < 4.78 is 13.0. The second-order valence-corrected chi connectivity index (χ2v) is 6.56. The lowest BCUT2D eigenvalue weighted by Crippen LogP contribution is -2.23. The molecule has 0 spiro atoms. The summed E-state index contributed by atoms with van der Waals surface area (Å²) in [4.78, 5) is 0. The molecule has 0 aliphatic heterocycles. The molecule has 2 aliphatic carbocycles. The summed E-state index contributed by atoms with van der Waals surface area (Å²) in [7, 11) is 0. The molecule has 1 aromatic carbocycles. The SMILES string of the molecule is CC.Fc1ccc(C2CCC(C3CCCCC3)CC2)cc1. The number of halogens is 1. The van der Waals surface area contributed by atoms with Crippen LogP contribution in [0.5, 0.6) is 0 Å². The highest BCUT2D eigenvalue weighted by molar-refractivity contribution is 5.20. The fraction of sp³-hybridized carbons (Fsp3) is 0.700. The quantitative estimate of drug-likeness (QED) is 0.568. The Morgan fingerprint density at radius 3 is 1.81 bits per heavy atom. The summed E-state index contributed by atoms with van der Waals surface area (Å²) in [5.41, 5.74) is 1.35. The van der Waals surface area contributed by atoms with E-state index in [0.29, 0.717) is 5.92 Å². The van der Waals surface area contributed by atoms with Gasteiger partial charge in [0.05, 0.1) is 0 Å². The van der Waals surface area contributed by atoms with Crippen LogP contribution < -0.4 is 0 Å². The normalized spacial score (nSPS) is 26.8. The lowest BCUT2D eigenvalue weighted by atomic mass is 9.70. The summed E-state index contributed by atoms with van der Waals surface area (Å²) in [5, 5.41) is 0. The Balaban J connectivity index is 0.000000774. The van der Waals surface area contributed by atoms with Crippen LogP contribution in [0.3, 0.4) is 0 Å². The molecule has 0 unspecified atom stereocenters. The van der Waals surface area contributed by atoms with Gasteiger partial charge in [-0.1, -0.05) is 58.1 Å². The van der Waals surface area contributed by atoms with E-state index in [2.05, 4.69) is 0 Å². The molecule has 0 aromatic heterocycles. The van der Waals surface area contributed by atoms with Gasteiger partial charge in [-0.25, -0.2) is 4.39 Å². The van der Waals surface area contributed by atoms with Gasteiger partial charge in [0.25, 0.3) is 0 Å². The fourth-order valence-corrected chi connectivity index (χ4v) is 4.26. The van der Waals surface area contributed by atoms with Crippen LogP contribution in [-0.4, -0.2) is 0 Å². The Bertz CT molecular complexity index is 381. The van der Waals surface area contributed by atoms with Crippen LogP contribution in [0.2, 0.25) is 0 Å². The maximum atomic E-state index is 13.0. The smallest absolute Gasteiger partial charge is 0.123 e. The van der Waals surface area contributed by atoms with E-state index in [9.17, 15) is 4.39 Å². The van der Waals surface area contributed by atoms with Gasteiger partial charge in [-0.15, -0.1) is 0 Å². The first kappa shape index (κ1) is 16.5. The minimum Gasteiger partial charge on any atom is -0.207 e. The molecule has 1 heteroatoms. The molecule has 0 radical (unpaired) electrons. The molecular formula is C20H31F. The third-order valence-corrected chi connectivity index (χ3v) is 5.43. The van der Waals surface area contributed by atoms with Crippen molar-refractivity contribution in [3.05, 3.63) is 35.6 Å². The van der Waals surface area contributed by atoms with Crippen LogP contribution in [0.4, 0.5) is 4.39 Å². The van der Waals surface area contributed by atoms with Crippen molar-refractivity contribution >= 4 is 0 Å². The molecule has 3 rings (SSSR count). The van der Waals surface area contributed by atoms with Crippen molar-refractivity contribution in [1.82, 2.24) is 0 Å². The Morgan fingerprint density at radius 1 is 0.714 bits per heavy atom. The average Bonchev–Trinajstić information content (AvgIpc) is 2.58. The third kappa shape index (κ3) is 4.56. The predicted octanol–water partition coefficient (Wildman–Crippen LogP) is 6.71.